The fraction of sp³-hybridized carbons (Fsp3) is 0.118. The zero-order chi connectivity index (χ0) is 17.6. The van der Waals surface area contributed by atoms with Crippen molar-refractivity contribution in [2.45, 2.75) is 10.9 Å². The molecule has 3 rings (SSSR count). The van der Waals surface area contributed by atoms with Crippen LogP contribution in [0.2, 0.25) is 0 Å². The first-order valence-electron chi connectivity index (χ1n) is 7.34. The molecule has 3 aromatic rings. The summed E-state index contributed by atoms with van der Waals surface area (Å²) in [5.41, 5.74) is 1.26. The van der Waals surface area contributed by atoms with Crippen LogP contribution in [0.15, 0.2) is 52.9 Å². The van der Waals surface area contributed by atoms with Crippen LogP contribution in [-0.4, -0.2) is 21.7 Å². The molecule has 8 heteroatoms. The summed E-state index contributed by atoms with van der Waals surface area (Å²) in [6.45, 7) is 0.633. The monoisotopic (exact) mass is 377 g/mol. The maximum Gasteiger partial charge on any atom is 0.206 e. The van der Waals surface area contributed by atoms with E-state index in [0.29, 0.717) is 16.0 Å². The quantitative estimate of drug-likeness (QED) is 0.488. The lowest BCUT2D eigenvalue weighted by Crippen LogP contribution is -2.03. The van der Waals surface area contributed by atoms with Crippen LogP contribution in [0.3, 0.4) is 0 Å². The topological polar surface area (TPSA) is 54.9 Å². The average molecular weight is 377 g/mol. The van der Waals surface area contributed by atoms with Crippen molar-refractivity contribution >= 4 is 34.0 Å². The van der Waals surface area contributed by atoms with Crippen LogP contribution in [0.4, 0.5) is 13.9 Å². The maximum atomic E-state index is 13.2. The van der Waals surface area contributed by atoms with Gasteiger partial charge in [0.2, 0.25) is 5.13 Å². The van der Waals surface area contributed by atoms with E-state index < -0.39 is 11.6 Å². The number of nitrogens with one attached hydrogen (secondary N) is 1. The van der Waals surface area contributed by atoms with Crippen molar-refractivity contribution < 1.29 is 13.6 Å². The Bertz CT molecular complexity index is 871. The number of hydrogen-bond acceptors (Lipinski definition) is 6. The number of hydrogen-bond donors (Lipinski definition) is 1. The number of benzene rings is 2. The minimum Gasteiger partial charge on any atom is -0.356 e. The van der Waals surface area contributed by atoms with Crippen LogP contribution in [0, 0.1) is 11.6 Å². The first kappa shape index (κ1) is 17.5. The van der Waals surface area contributed by atoms with Gasteiger partial charge in [0.15, 0.2) is 21.8 Å². The summed E-state index contributed by atoms with van der Waals surface area (Å²) in [6, 6.07) is 13.0. The van der Waals surface area contributed by atoms with E-state index >= 15 is 0 Å². The summed E-state index contributed by atoms with van der Waals surface area (Å²) in [4.78, 5) is 12.0. The second kappa shape index (κ2) is 8.17. The van der Waals surface area contributed by atoms with Crippen molar-refractivity contribution in [2.24, 2.45) is 0 Å². The van der Waals surface area contributed by atoms with Crippen molar-refractivity contribution in [3.05, 3.63) is 71.3 Å². The molecule has 128 valence electrons. The number of carbonyl (C=O) groups excluding carboxylic acids is 1. The molecule has 0 aliphatic heterocycles. The van der Waals surface area contributed by atoms with E-state index in [-0.39, 0.29) is 17.1 Å². The molecule has 0 amide bonds. The highest BCUT2D eigenvalue weighted by molar-refractivity contribution is 8.01. The lowest BCUT2D eigenvalue weighted by molar-refractivity contribution is 0.102. The van der Waals surface area contributed by atoms with E-state index in [0.717, 1.165) is 17.7 Å². The Kier molecular flexibility index (Phi) is 5.72. The van der Waals surface area contributed by atoms with E-state index in [1.165, 1.54) is 29.2 Å². The first-order chi connectivity index (χ1) is 12.1. The van der Waals surface area contributed by atoms with Gasteiger partial charge < -0.3 is 5.32 Å². The molecule has 0 bridgehead atoms. The number of aromatic nitrogens is 2. The van der Waals surface area contributed by atoms with Gasteiger partial charge in [0.1, 0.15) is 0 Å². The van der Waals surface area contributed by atoms with Gasteiger partial charge in [-0.25, -0.2) is 8.78 Å². The molecule has 1 aromatic heterocycles. The zero-order valence-electron chi connectivity index (χ0n) is 12.9. The van der Waals surface area contributed by atoms with Crippen LogP contribution in [-0.2, 0) is 6.54 Å². The molecule has 0 saturated heterocycles. The molecular formula is C17H13F2N3OS2. The Labute approximate surface area is 151 Å². The van der Waals surface area contributed by atoms with Gasteiger partial charge in [0.25, 0.3) is 0 Å². The molecule has 25 heavy (non-hydrogen) atoms. The molecule has 0 atom stereocenters. The smallest absolute Gasteiger partial charge is 0.206 e. The number of rotatable bonds is 7. The number of Topliss-reactive ketones (excluding diaryl/α,β-unsaturated/α-hetero) is 1. The third kappa shape index (κ3) is 4.83. The van der Waals surface area contributed by atoms with Crippen LogP contribution >= 0.6 is 23.1 Å². The summed E-state index contributed by atoms with van der Waals surface area (Å²) in [6.07, 6.45) is 0. The van der Waals surface area contributed by atoms with Gasteiger partial charge in [-0.05, 0) is 23.8 Å². The van der Waals surface area contributed by atoms with Gasteiger partial charge in [-0.15, -0.1) is 10.2 Å². The van der Waals surface area contributed by atoms with E-state index in [1.807, 2.05) is 30.3 Å². The normalized spacial score (nSPS) is 10.6. The Morgan fingerprint density at radius 2 is 1.88 bits per heavy atom. The van der Waals surface area contributed by atoms with E-state index in [2.05, 4.69) is 15.5 Å². The van der Waals surface area contributed by atoms with Gasteiger partial charge >= 0.3 is 0 Å². The zero-order valence-corrected chi connectivity index (χ0v) is 14.5. The lowest BCUT2D eigenvalue weighted by atomic mass is 10.1. The largest absolute Gasteiger partial charge is 0.356 e. The number of anilines is 1. The fourth-order valence-electron chi connectivity index (χ4n) is 1.99. The predicted octanol–water partition coefficient (Wildman–Crippen LogP) is 4.40. The van der Waals surface area contributed by atoms with Crippen molar-refractivity contribution in [1.82, 2.24) is 10.2 Å². The molecule has 1 heterocycles. The summed E-state index contributed by atoms with van der Waals surface area (Å²) in [7, 11) is 0. The van der Waals surface area contributed by atoms with Crippen LogP contribution in [0.1, 0.15) is 15.9 Å². The highest BCUT2D eigenvalue weighted by Crippen LogP contribution is 2.26. The third-order valence-corrected chi connectivity index (χ3v) is 5.28. The molecular weight excluding hydrogens is 364 g/mol. The van der Waals surface area contributed by atoms with E-state index in [9.17, 15) is 13.6 Å². The van der Waals surface area contributed by atoms with E-state index in [1.54, 1.807) is 0 Å². The molecule has 0 aliphatic carbocycles. The van der Waals surface area contributed by atoms with Crippen molar-refractivity contribution in [1.29, 1.82) is 0 Å². The number of carbonyl (C=O) groups is 1. The van der Waals surface area contributed by atoms with Crippen molar-refractivity contribution in [2.75, 3.05) is 11.1 Å². The lowest BCUT2D eigenvalue weighted by Gasteiger charge is -2.01. The minimum atomic E-state index is -1.03. The van der Waals surface area contributed by atoms with Gasteiger partial charge in [-0.2, -0.15) is 0 Å². The van der Waals surface area contributed by atoms with Gasteiger partial charge in [0.05, 0.1) is 5.75 Å². The number of thioether (sulfide) groups is 1. The van der Waals surface area contributed by atoms with Gasteiger partial charge in [-0.3, -0.25) is 4.79 Å². The molecule has 0 aliphatic rings. The van der Waals surface area contributed by atoms with Gasteiger partial charge in [0, 0.05) is 12.1 Å². The average Bonchev–Trinajstić information content (AvgIpc) is 3.09. The number of nitrogens with zero attached hydrogens (tertiary/aromatic N) is 2. The first-order valence-corrected chi connectivity index (χ1v) is 9.14. The van der Waals surface area contributed by atoms with Crippen LogP contribution < -0.4 is 5.32 Å². The highest BCUT2D eigenvalue weighted by Gasteiger charge is 2.12. The standard InChI is InChI=1S/C17H13F2N3OS2/c18-13-7-6-12(8-14(13)19)15(23)10-24-17-22-21-16(25-17)20-9-11-4-2-1-3-5-11/h1-8H,9-10H2,(H,20,21). The Morgan fingerprint density at radius 3 is 2.64 bits per heavy atom. The molecule has 1 N–H and O–H groups in total. The second-order valence-corrected chi connectivity index (χ2v) is 7.25. The molecule has 0 unspecified atom stereocenters. The van der Waals surface area contributed by atoms with Gasteiger partial charge in [-0.1, -0.05) is 53.4 Å². The summed E-state index contributed by atoms with van der Waals surface area (Å²) in [5, 5.41) is 11.9. The van der Waals surface area contributed by atoms with E-state index in [4.69, 9.17) is 0 Å². The van der Waals surface area contributed by atoms with Crippen LogP contribution in [0.5, 0.6) is 0 Å². The summed E-state index contributed by atoms with van der Waals surface area (Å²) in [5.74, 6) is -2.21. The fourth-order valence-corrected chi connectivity index (χ4v) is 3.64. The highest BCUT2D eigenvalue weighted by atomic mass is 32.2. The minimum absolute atomic E-state index is 0.0817. The Balaban J connectivity index is 1.52. The number of ketones is 1. The molecule has 0 spiro atoms. The van der Waals surface area contributed by atoms with Crippen molar-refractivity contribution in [3.63, 3.8) is 0 Å². The second-order valence-electron chi connectivity index (χ2n) is 5.05. The molecule has 2 aromatic carbocycles. The maximum absolute atomic E-state index is 13.2. The summed E-state index contributed by atoms with van der Waals surface area (Å²) < 4.78 is 26.7. The van der Waals surface area contributed by atoms with Crippen molar-refractivity contribution in [3.8, 4) is 0 Å². The van der Waals surface area contributed by atoms with Crippen LogP contribution in [0.25, 0.3) is 0 Å². The Morgan fingerprint density at radius 1 is 1.08 bits per heavy atom. The molecule has 0 radical (unpaired) electrons. The predicted molar refractivity (Wildman–Crippen MR) is 95.1 cm³/mol. The number of halogens is 2. The SMILES string of the molecule is O=C(CSc1nnc(NCc2ccccc2)s1)c1ccc(F)c(F)c1. The molecule has 0 saturated carbocycles. The Hall–Kier alpha value is -2.32. The molecule has 4 nitrogen and oxygen atoms in total. The third-order valence-electron chi connectivity index (χ3n) is 3.26. The molecule has 0 fully saturated rings. The summed E-state index contributed by atoms with van der Waals surface area (Å²) >= 11 is 2.55.